The lowest BCUT2D eigenvalue weighted by Gasteiger charge is -2.41. The first-order valence-corrected chi connectivity index (χ1v) is 17.5. The van der Waals surface area contributed by atoms with Gasteiger partial charge in [-0.1, -0.05) is 82.6 Å². The van der Waals surface area contributed by atoms with Gasteiger partial charge < -0.3 is 20.2 Å². The van der Waals surface area contributed by atoms with Crippen molar-refractivity contribution in [2.45, 2.75) is 64.3 Å². The number of carboxylic acid groups (broad SMARTS) is 1. The zero-order valence-electron chi connectivity index (χ0n) is 28.0. The van der Waals surface area contributed by atoms with E-state index in [-0.39, 0.29) is 36.7 Å². The zero-order chi connectivity index (χ0) is 34.0. The molecule has 0 radical (unpaired) electrons. The van der Waals surface area contributed by atoms with Gasteiger partial charge in [-0.3, -0.25) is 14.4 Å². The Morgan fingerprint density at radius 3 is 2.15 bits per heavy atom. The minimum atomic E-state index is -0.916. The van der Waals surface area contributed by atoms with Gasteiger partial charge >= 0.3 is 5.97 Å². The maximum atomic E-state index is 13.5. The third-order valence-electron chi connectivity index (χ3n) is 9.24. The number of hydrogen-bond acceptors (Lipinski definition) is 7. The van der Waals surface area contributed by atoms with Crippen molar-refractivity contribution >= 4 is 34.8 Å². The second-order valence-corrected chi connectivity index (χ2v) is 15.1. The fourth-order valence-electron chi connectivity index (χ4n) is 6.13. The van der Waals surface area contributed by atoms with E-state index in [4.69, 9.17) is 0 Å². The number of rotatable bonds is 11. The predicted octanol–water partition coefficient (Wildman–Crippen LogP) is 5.94. The van der Waals surface area contributed by atoms with Crippen LogP contribution < -0.4 is 10.2 Å². The average Bonchev–Trinajstić information content (AvgIpc) is 3.53. The van der Waals surface area contributed by atoms with Crippen molar-refractivity contribution < 1.29 is 19.5 Å². The molecular formula is C38H43N5O4S. The Labute approximate surface area is 286 Å². The van der Waals surface area contributed by atoms with Crippen molar-refractivity contribution in [1.82, 2.24) is 20.2 Å². The van der Waals surface area contributed by atoms with E-state index in [2.05, 4.69) is 72.1 Å². The Hall–Kier alpha value is -4.57. The molecule has 48 heavy (non-hydrogen) atoms. The fraction of sp³-hybridized carbons (Fsp3) is 0.395. The average molecular weight is 666 g/mol. The van der Waals surface area contributed by atoms with Crippen LogP contribution >= 0.6 is 11.3 Å². The van der Waals surface area contributed by atoms with Crippen LogP contribution in [0.15, 0.2) is 73.1 Å². The summed E-state index contributed by atoms with van der Waals surface area (Å²) in [5.41, 5.74) is 5.39. The van der Waals surface area contributed by atoms with E-state index in [9.17, 15) is 19.5 Å². The first-order chi connectivity index (χ1) is 23.0. The number of aryl methyl sites for hydroxylation is 1. The van der Waals surface area contributed by atoms with Gasteiger partial charge in [0.15, 0.2) is 5.82 Å². The molecule has 2 aliphatic rings. The topological polar surface area (TPSA) is 116 Å². The summed E-state index contributed by atoms with van der Waals surface area (Å²) in [7, 11) is 0. The minimum absolute atomic E-state index is 0.0906. The highest BCUT2D eigenvalue weighted by Gasteiger charge is 2.39. The van der Waals surface area contributed by atoms with Crippen LogP contribution in [-0.2, 0) is 27.8 Å². The molecule has 2 aliphatic heterocycles. The smallest absolute Gasteiger partial charge is 0.310 e. The Balaban J connectivity index is 1.09. The van der Waals surface area contributed by atoms with Crippen molar-refractivity contribution in [2.24, 2.45) is 5.92 Å². The first kappa shape index (κ1) is 33.3. The molecule has 0 bridgehead atoms. The predicted molar refractivity (Wildman–Crippen MR) is 189 cm³/mol. The van der Waals surface area contributed by atoms with Gasteiger partial charge in [-0.15, -0.1) is 11.3 Å². The van der Waals surface area contributed by atoms with Crippen LogP contribution in [0.1, 0.15) is 71.3 Å². The molecule has 4 aromatic rings. The largest absolute Gasteiger partial charge is 0.481 e. The first-order valence-electron chi connectivity index (χ1n) is 16.7. The molecule has 9 nitrogen and oxygen atoms in total. The highest BCUT2D eigenvalue weighted by molar-refractivity contribution is 7.14. The minimum Gasteiger partial charge on any atom is -0.481 e. The van der Waals surface area contributed by atoms with E-state index in [0.29, 0.717) is 16.6 Å². The molecule has 4 heterocycles. The van der Waals surface area contributed by atoms with Crippen molar-refractivity contribution in [2.75, 3.05) is 31.1 Å². The summed E-state index contributed by atoms with van der Waals surface area (Å²) < 4.78 is 0. The molecular weight excluding hydrogens is 623 g/mol. The third kappa shape index (κ3) is 7.44. The molecule has 250 valence electrons. The number of amides is 2. The number of anilines is 1. The van der Waals surface area contributed by atoms with Gasteiger partial charge in [0.2, 0.25) is 5.91 Å². The van der Waals surface area contributed by atoms with Gasteiger partial charge in [0.1, 0.15) is 6.04 Å². The van der Waals surface area contributed by atoms with Gasteiger partial charge in [0, 0.05) is 49.0 Å². The molecule has 1 atom stereocenters. The third-order valence-corrected chi connectivity index (χ3v) is 10.8. The number of benzene rings is 2. The lowest BCUT2D eigenvalue weighted by atomic mass is 9.90. The van der Waals surface area contributed by atoms with E-state index in [1.165, 1.54) is 27.4 Å². The Morgan fingerprint density at radius 1 is 0.917 bits per heavy atom. The van der Waals surface area contributed by atoms with E-state index in [0.717, 1.165) is 47.6 Å². The standard InChI is InChI=1S/C38H43N5O4S/c1-5-6-24-7-11-26(12-8-24)28-20-42(21-28)30-18-39-34(40-19-30)27-13-9-25(10-14-27)17-31(36(45)43-22-29(23-43)37(46)47)41-35(44)32-15-16-33(48-32)38(2,3)4/h7-16,18-19,28-29,31H,5-6,17,20-23H2,1-4H3,(H,41,44)(H,46,47)/t31-/m0/s1. The highest BCUT2D eigenvalue weighted by Crippen LogP contribution is 2.32. The summed E-state index contributed by atoms with van der Waals surface area (Å²) in [5, 5.41) is 12.2. The fourth-order valence-corrected chi connectivity index (χ4v) is 7.10. The van der Waals surface area contributed by atoms with Gasteiger partial charge in [-0.25, -0.2) is 9.97 Å². The highest BCUT2D eigenvalue weighted by atomic mass is 32.1. The van der Waals surface area contributed by atoms with Crippen molar-refractivity contribution in [3.8, 4) is 11.4 Å². The summed E-state index contributed by atoms with van der Waals surface area (Å²) in [5.74, 6) is -0.957. The second-order valence-electron chi connectivity index (χ2n) is 14.0. The van der Waals surface area contributed by atoms with Gasteiger partial charge in [0.05, 0.1) is 28.9 Å². The Bertz CT molecular complexity index is 1750. The number of nitrogens with one attached hydrogen (secondary N) is 1. The number of aliphatic carboxylic acids is 1. The Kier molecular flexibility index (Phi) is 9.64. The Morgan fingerprint density at radius 2 is 1.56 bits per heavy atom. The van der Waals surface area contributed by atoms with Crippen LogP contribution in [0.4, 0.5) is 5.69 Å². The number of carbonyl (C=O) groups excluding carboxylic acids is 2. The van der Waals surface area contributed by atoms with Gasteiger partial charge in [-0.2, -0.15) is 0 Å². The molecule has 0 aliphatic carbocycles. The van der Waals surface area contributed by atoms with E-state index in [1.54, 1.807) is 6.07 Å². The summed E-state index contributed by atoms with van der Waals surface area (Å²) in [4.78, 5) is 52.8. The number of thiophene rings is 1. The molecule has 0 saturated carbocycles. The zero-order valence-corrected chi connectivity index (χ0v) is 28.8. The van der Waals surface area contributed by atoms with Crippen molar-refractivity contribution in [3.05, 3.63) is 99.5 Å². The molecule has 10 heteroatoms. The molecule has 2 aromatic heterocycles. The summed E-state index contributed by atoms with van der Waals surface area (Å²) in [6.07, 6.45) is 6.28. The molecule has 2 N–H and O–H groups in total. The maximum absolute atomic E-state index is 13.5. The van der Waals surface area contributed by atoms with Crippen molar-refractivity contribution in [3.63, 3.8) is 0 Å². The van der Waals surface area contributed by atoms with Gasteiger partial charge in [0.25, 0.3) is 5.91 Å². The number of likely N-dealkylation sites (tertiary alicyclic amines) is 1. The number of nitrogens with zero attached hydrogens (tertiary/aromatic N) is 4. The molecule has 0 spiro atoms. The quantitative estimate of drug-likeness (QED) is 0.204. The second kappa shape index (κ2) is 13.9. The van der Waals surface area contributed by atoms with E-state index < -0.39 is 17.9 Å². The van der Waals surface area contributed by atoms with Crippen molar-refractivity contribution in [1.29, 1.82) is 0 Å². The lowest BCUT2D eigenvalue weighted by Crippen LogP contribution is -2.59. The number of aromatic nitrogens is 2. The lowest BCUT2D eigenvalue weighted by molar-refractivity contribution is -0.153. The maximum Gasteiger partial charge on any atom is 0.310 e. The summed E-state index contributed by atoms with van der Waals surface area (Å²) >= 11 is 1.42. The SMILES string of the molecule is CCCc1ccc(C2CN(c3cnc(-c4ccc(C[C@H](NC(=O)c5ccc(C(C)(C)C)s5)C(=O)N5CC(C(=O)O)C5)cc4)nc3)C2)cc1. The van der Waals surface area contributed by atoms with Crippen LogP contribution in [0.25, 0.3) is 11.4 Å². The number of carboxylic acids is 1. The van der Waals surface area contributed by atoms with Crippen LogP contribution in [-0.4, -0.2) is 70.0 Å². The molecule has 2 aromatic carbocycles. The van der Waals surface area contributed by atoms with E-state index >= 15 is 0 Å². The van der Waals surface area contributed by atoms with Crippen LogP contribution in [0.5, 0.6) is 0 Å². The monoisotopic (exact) mass is 665 g/mol. The molecule has 2 saturated heterocycles. The van der Waals surface area contributed by atoms with E-state index in [1.807, 2.05) is 42.7 Å². The molecule has 2 amide bonds. The molecule has 6 rings (SSSR count). The molecule has 2 fully saturated rings. The number of carbonyl (C=O) groups is 3. The van der Waals surface area contributed by atoms with Crippen LogP contribution in [0, 0.1) is 5.92 Å². The summed E-state index contributed by atoms with van der Waals surface area (Å²) in [6.45, 7) is 10.7. The summed E-state index contributed by atoms with van der Waals surface area (Å²) in [6, 6.07) is 19.6. The van der Waals surface area contributed by atoms with Crippen LogP contribution in [0.2, 0.25) is 0 Å². The number of hydrogen-bond donors (Lipinski definition) is 2. The normalized spacial score (nSPS) is 15.8. The molecule has 0 unspecified atom stereocenters. The van der Waals surface area contributed by atoms with Gasteiger partial charge in [-0.05, 0) is 40.7 Å². The van der Waals surface area contributed by atoms with Crippen LogP contribution in [0.3, 0.4) is 0 Å².